The van der Waals surface area contributed by atoms with Gasteiger partial charge in [-0.05, 0) is 0 Å². The maximum Gasteiger partial charge on any atom is 0.330 e. The highest BCUT2D eigenvalue weighted by atomic mass is 16.2. The van der Waals surface area contributed by atoms with Crippen molar-refractivity contribution in [3.8, 4) is 0 Å². The molecule has 18 heavy (non-hydrogen) atoms. The van der Waals surface area contributed by atoms with Gasteiger partial charge in [0.05, 0.1) is 29.3 Å². The first-order valence-corrected chi connectivity index (χ1v) is 4.97. The van der Waals surface area contributed by atoms with Crippen molar-refractivity contribution in [2.24, 2.45) is 14.1 Å². The first-order chi connectivity index (χ1) is 8.16. The minimum absolute atomic E-state index is 0.0894. The maximum absolute atomic E-state index is 12.2. The van der Waals surface area contributed by atoms with Gasteiger partial charge < -0.3 is 4.57 Å². The van der Waals surface area contributed by atoms with Gasteiger partial charge in [0.1, 0.15) is 0 Å². The molecule has 0 unspecified atom stereocenters. The van der Waals surface area contributed by atoms with Crippen LogP contribution in [0.2, 0.25) is 0 Å². The van der Waals surface area contributed by atoms with Crippen LogP contribution in [0.25, 0.3) is 11.2 Å². The smallest absolute Gasteiger partial charge is 0.330 e. The Kier molecular flexibility index (Phi) is 2.64. The zero-order valence-electron chi connectivity index (χ0n) is 9.91. The summed E-state index contributed by atoms with van der Waals surface area (Å²) in [5.74, 6) is 0. The quantitative estimate of drug-likeness (QED) is 0.476. The minimum Gasteiger partial charge on any atom is -0.335 e. The molecule has 0 aliphatic heterocycles. The fourth-order valence-electron chi connectivity index (χ4n) is 1.75. The summed E-state index contributed by atoms with van der Waals surface area (Å²) < 4.78 is 2.99. The molecule has 0 saturated heterocycles. The standard InChI is InChI=1S/C8H6B4N4O2/c1-14-3-4(13-6(14)9)15(2)7(18)16(5(3)17)8(10,11)12/h1-2H3. The third kappa shape index (κ3) is 1.59. The Labute approximate surface area is 108 Å². The molecule has 2 heterocycles. The second-order valence-corrected chi connectivity index (χ2v) is 4.07. The van der Waals surface area contributed by atoms with E-state index in [1.807, 2.05) is 0 Å². The molecule has 82 valence electrons. The van der Waals surface area contributed by atoms with E-state index in [0.717, 1.165) is 4.57 Å². The lowest BCUT2D eigenvalue weighted by Gasteiger charge is -2.23. The number of nitrogens with zero attached hydrogens (tertiary/aromatic N) is 4. The van der Waals surface area contributed by atoms with E-state index in [1.165, 1.54) is 18.7 Å². The number of hydrogen-bond acceptors (Lipinski definition) is 3. The molecule has 0 aromatic carbocycles. The fraction of sp³-hybridized carbons (Fsp3) is 0.375. The zero-order valence-corrected chi connectivity index (χ0v) is 9.91. The molecule has 0 atom stereocenters. The predicted molar refractivity (Wildman–Crippen MR) is 70.8 cm³/mol. The first kappa shape index (κ1) is 12.9. The second kappa shape index (κ2) is 3.70. The van der Waals surface area contributed by atoms with Gasteiger partial charge in [-0.1, -0.05) is 5.24 Å². The highest BCUT2D eigenvalue weighted by molar-refractivity contribution is 6.56. The van der Waals surface area contributed by atoms with E-state index < -0.39 is 16.5 Å². The van der Waals surface area contributed by atoms with Gasteiger partial charge in [-0.2, -0.15) is 0 Å². The third-order valence-electron chi connectivity index (χ3n) is 2.70. The normalized spacial score (nSPS) is 12.1. The highest BCUT2D eigenvalue weighted by Crippen LogP contribution is 2.03. The Bertz CT molecular complexity index is 752. The van der Waals surface area contributed by atoms with Crippen molar-refractivity contribution in [1.82, 2.24) is 18.7 Å². The Morgan fingerprint density at radius 1 is 1.11 bits per heavy atom. The van der Waals surface area contributed by atoms with Gasteiger partial charge in [0.25, 0.3) is 5.56 Å². The van der Waals surface area contributed by atoms with Crippen molar-refractivity contribution >= 4 is 48.3 Å². The number of imidazole rings is 1. The average molecular weight is 233 g/mol. The van der Waals surface area contributed by atoms with Gasteiger partial charge in [-0.15, -0.1) is 0 Å². The van der Waals surface area contributed by atoms with Crippen LogP contribution in [0, 0.1) is 0 Å². The van der Waals surface area contributed by atoms with E-state index in [0.29, 0.717) is 4.57 Å². The van der Waals surface area contributed by atoms with E-state index in [9.17, 15) is 9.59 Å². The van der Waals surface area contributed by atoms with Gasteiger partial charge >= 0.3 is 5.69 Å². The molecule has 0 fully saturated rings. The van der Waals surface area contributed by atoms with Crippen molar-refractivity contribution in [3.05, 3.63) is 20.8 Å². The van der Waals surface area contributed by atoms with Gasteiger partial charge in [0.2, 0.25) is 0 Å². The molecule has 6 nitrogen and oxygen atoms in total. The number of rotatable bonds is 1. The summed E-state index contributed by atoms with van der Waals surface area (Å²) in [5.41, 5.74) is -1.18. The number of fused-ring (bicyclic) bond motifs is 1. The zero-order chi connectivity index (χ0) is 13.8. The topological polar surface area (TPSA) is 61.8 Å². The fourth-order valence-corrected chi connectivity index (χ4v) is 1.75. The summed E-state index contributed by atoms with van der Waals surface area (Å²) in [7, 11) is 24.8. The predicted octanol–water partition coefficient (Wildman–Crippen LogP) is -3.70. The molecule has 0 N–H and O–H groups in total. The SMILES string of the molecule is [B]c1nc2c(c(=O)n(C([B])([B])[B])c(=O)n2C)n1C. The molecule has 0 saturated carbocycles. The molecular formula is C8H6B4N4O2. The summed E-state index contributed by atoms with van der Waals surface area (Å²) >= 11 is 0. The molecule has 0 bridgehead atoms. The Morgan fingerprint density at radius 2 is 1.67 bits per heavy atom. The second-order valence-electron chi connectivity index (χ2n) is 4.07. The molecule has 2 rings (SSSR count). The summed E-state index contributed by atoms with van der Waals surface area (Å²) in [4.78, 5) is 28.1. The Balaban J connectivity index is 3.14. The molecular weight excluding hydrogens is 227 g/mol. The Hall–Kier alpha value is -1.59. The van der Waals surface area contributed by atoms with Crippen LogP contribution in [0.1, 0.15) is 0 Å². The average Bonchev–Trinajstić information content (AvgIpc) is 2.51. The van der Waals surface area contributed by atoms with Crippen LogP contribution < -0.4 is 17.0 Å². The molecule has 8 radical (unpaired) electrons. The summed E-state index contributed by atoms with van der Waals surface area (Å²) in [5, 5.41) is -2.10. The van der Waals surface area contributed by atoms with Crippen LogP contribution in [0.15, 0.2) is 9.59 Å². The van der Waals surface area contributed by atoms with Crippen molar-refractivity contribution in [2.45, 2.75) is 5.24 Å². The van der Waals surface area contributed by atoms with Crippen LogP contribution in [0.5, 0.6) is 0 Å². The van der Waals surface area contributed by atoms with E-state index in [2.05, 4.69) is 4.98 Å². The molecule has 10 heteroatoms. The summed E-state index contributed by atoms with van der Waals surface area (Å²) in [6.07, 6.45) is 0. The van der Waals surface area contributed by atoms with E-state index in [-0.39, 0.29) is 16.9 Å². The minimum atomic E-state index is -2.10. The molecule has 2 aromatic rings. The lowest BCUT2D eigenvalue weighted by molar-refractivity contribution is 0.643. The molecule has 2 aromatic heterocycles. The lowest BCUT2D eigenvalue weighted by atomic mass is 9.49. The molecule has 0 amide bonds. The number of hydrogen-bond donors (Lipinski definition) is 0. The number of aryl methyl sites for hydroxylation is 2. The maximum atomic E-state index is 12.2. The van der Waals surface area contributed by atoms with Gasteiger partial charge in [-0.3, -0.25) is 13.9 Å². The summed E-state index contributed by atoms with van der Waals surface area (Å²) in [6, 6.07) is 0. The van der Waals surface area contributed by atoms with Crippen molar-refractivity contribution < 1.29 is 0 Å². The molecule has 0 spiro atoms. The van der Waals surface area contributed by atoms with Gasteiger partial charge in [-0.25, -0.2) is 9.78 Å². The molecule has 0 aliphatic carbocycles. The van der Waals surface area contributed by atoms with Crippen molar-refractivity contribution in [3.63, 3.8) is 0 Å². The van der Waals surface area contributed by atoms with Crippen LogP contribution in [-0.2, 0) is 19.3 Å². The van der Waals surface area contributed by atoms with Crippen LogP contribution >= 0.6 is 0 Å². The summed E-state index contributed by atoms with van der Waals surface area (Å²) in [6.45, 7) is 0. The van der Waals surface area contributed by atoms with E-state index >= 15 is 0 Å². The Morgan fingerprint density at radius 3 is 2.17 bits per heavy atom. The first-order valence-electron chi connectivity index (χ1n) is 4.97. The lowest BCUT2D eigenvalue weighted by Crippen LogP contribution is -2.52. The monoisotopic (exact) mass is 234 g/mol. The van der Waals surface area contributed by atoms with Crippen molar-refractivity contribution in [1.29, 1.82) is 0 Å². The van der Waals surface area contributed by atoms with Crippen molar-refractivity contribution in [2.75, 3.05) is 0 Å². The number of aromatic nitrogens is 4. The molecule has 0 aliphatic rings. The van der Waals surface area contributed by atoms with Gasteiger partial charge in [0.15, 0.2) is 19.0 Å². The third-order valence-corrected chi connectivity index (χ3v) is 2.70. The van der Waals surface area contributed by atoms with Crippen LogP contribution in [-0.4, -0.2) is 50.1 Å². The van der Waals surface area contributed by atoms with Crippen LogP contribution in [0.4, 0.5) is 0 Å². The highest BCUT2D eigenvalue weighted by Gasteiger charge is 2.22. The van der Waals surface area contributed by atoms with Gasteiger partial charge in [0, 0.05) is 14.1 Å². The van der Waals surface area contributed by atoms with Crippen LogP contribution in [0.3, 0.4) is 0 Å². The van der Waals surface area contributed by atoms with E-state index in [1.54, 1.807) is 0 Å². The van der Waals surface area contributed by atoms with E-state index in [4.69, 9.17) is 31.4 Å². The largest absolute Gasteiger partial charge is 0.335 e.